The van der Waals surface area contributed by atoms with Crippen molar-refractivity contribution in [3.8, 4) is 0 Å². The van der Waals surface area contributed by atoms with E-state index in [4.69, 9.17) is 0 Å². The number of hydrogen-bond acceptors (Lipinski definition) is 2. The molecule has 1 aromatic rings. The molecule has 21 heavy (non-hydrogen) atoms. The van der Waals surface area contributed by atoms with Gasteiger partial charge < -0.3 is 10.6 Å². The van der Waals surface area contributed by atoms with Crippen molar-refractivity contribution in [3.63, 3.8) is 0 Å². The van der Waals surface area contributed by atoms with E-state index in [0.717, 1.165) is 11.3 Å². The number of anilines is 1. The molecular formula is C18H26N2O. The number of carbonyl (C=O) groups is 1. The van der Waals surface area contributed by atoms with Gasteiger partial charge in [0.25, 0.3) is 5.91 Å². The van der Waals surface area contributed by atoms with Crippen LogP contribution in [-0.4, -0.2) is 19.0 Å². The van der Waals surface area contributed by atoms with E-state index >= 15 is 0 Å². The van der Waals surface area contributed by atoms with E-state index in [1.807, 2.05) is 18.2 Å². The minimum absolute atomic E-state index is 0.0211. The topological polar surface area (TPSA) is 41.1 Å². The first-order chi connectivity index (χ1) is 10.2. The number of rotatable bonds is 3. The Labute approximate surface area is 127 Å². The zero-order chi connectivity index (χ0) is 14.7. The van der Waals surface area contributed by atoms with E-state index in [1.165, 1.54) is 51.4 Å². The standard InChI is InChI=1S/C18H26N2O/c1-19-17(21)14-5-4-6-16(13-14)20-15-7-11-18(12-8-15)9-2-3-10-18/h4-6,13,15,20H,2-3,7-12H2,1H3,(H,19,21). The maximum atomic E-state index is 11.7. The summed E-state index contributed by atoms with van der Waals surface area (Å²) in [4.78, 5) is 11.7. The third kappa shape index (κ3) is 3.22. The molecule has 1 amide bonds. The highest BCUT2D eigenvalue weighted by atomic mass is 16.1. The molecule has 0 aromatic heterocycles. The number of benzene rings is 1. The van der Waals surface area contributed by atoms with Gasteiger partial charge in [-0.1, -0.05) is 18.9 Å². The second-order valence-electron chi connectivity index (χ2n) is 6.79. The first-order valence-corrected chi connectivity index (χ1v) is 8.29. The molecule has 0 unspecified atom stereocenters. The SMILES string of the molecule is CNC(=O)c1cccc(NC2CCC3(CCCC3)CC2)c1. The monoisotopic (exact) mass is 286 g/mol. The van der Waals surface area contributed by atoms with E-state index in [1.54, 1.807) is 7.05 Å². The average molecular weight is 286 g/mol. The molecular weight excluding hydrogens is 260 g/mol. The summed E-state index contributed by atoms with van der Waals surface area (Å²) in [6.07, 6.45) is 11.1. The van der Waals surface area contributed by atoms with Crippen molar-refractivity contribution in [3.05, 3.63) is 29.8 Å². The number of carbonyl (C=O) groups excluding carboxylic acids is 1. The van der Waals surface area contributed by atoms with Crippen LogP contribution in [0, 0.1) is 5.41 Å². The lowest BCUT2D eigenvalue weighted by molar-refractivity contribution is 0.0963. The third-order valence-corrected chi connectivity index (χ3v) is 5.43. The van der Waals surface area contributed by atoms with Crippen molar-refractivity contribution in [2.24, 2.45) is 5.41 Å². The Bertz CT molecular complexity index is 496. The quantitative estimate of drug-likeness (QED) is 0.883. The van der Waals surface area contributed by atoms with Gasteiger partial charge in [-0.25, -0.2) is 0 Å². The summed E-state index contributed by atoms with van der Waals surface area (Å²) in [5, 5.41) is 6.30. The molecule has 2 aliphatic carbocycles. The normalized spacial score (nSPS) is 21.4. The summed E-state index contributed by atoms with van der Waals surface area (Å²) in [6.45, 7) is 0. The maximum Gasteiger partial charge on any atom is 0.251 e. The summed E-state index contributed by atoms with van der Waals surface area (Å²) in [5.74, 6) is -0.0211. The summed E-state index contributed by atoms with van der Waals surface area (Å²) >= 11 is 0. The van der Waals surface area contributed by atoms with Crippen LogP contribution in [0.3, 0.4) is 0 Å². The fourth-order valence-corrected chi connectivity index (χ4v) is 4.13. The van der Waals surface area contributed by atoms with Crippen LogP contribution >= 0.6 is 0 Å². The Kier molecular flexibility index (Phi) is 4.18. The predicted octanol–water partition coefficient (Wildman–Crippen LogP) is 3.96. The Morgan fingerprint density at radius 3 is 2.52 bits per heavy atom. The van der Waals surface area contributed by atoms with Crippen molar-refractivity contribution in [2.75, 3.05) is 12.4 Å². The van der Waals surface area contributed by atoms with Crippen molar-refractivity contribution < 1.29 is 4.79 Å². The summed E-state index contributed by atoms with van der Waals surface area (Å²) in [5.41, 5.74) is 2.48. The van der Waals surface area contributed by atoms with Gasteiger partial charge in [-0.2, -0.15) is 0 Å². The van der Waals surface area contributed by atoms with E-state index in [2.05, 4.69) is 16.7 Å². The van der Waals surface area contributed by atoms with E-state index < -0.39 is 0 Å². The van der Waals surface area contributed by atoms with E-state index in [9.17, 15) is 4.79 Å². The molecule has 2 aliphatic rings. The summed E-state index contributed by atoms with van der Waals surface area (Å²) < 4.78 is 0. The predicted molar refractivity (Wildman–Crippen MR) is 86.6 cm³/mol. The fourth-order valence-electron chi connectivity index (χ4n) is 4.13. The van der Waals surface area contributed by atoms with Crippen LogP contribution < -0.4 is 10.6 Å². The van der Waals surface area contributed by atoms with Gasteiger partial charge in [0.15, 0.2) is 0 Å². The van der Waals surface area contributed by atoms with Crippen molar-refractivity contribution in [2.45, 2.75) is 57.4 Å². The lowest BCUT2D eigenvalue weighted by atomic mass is 9.71. The molecule has 0 saturated heterocycles. The van der Waals surface area contributed by atoms with Crippen LogP contribution in [0.4, 0.5) is 5.69 Å². The summed E-state index contributed by atoms with van der Waals surface area (Å²) in [7, 11) is 1.67. The smallest absolute Gasteiger partial charge is 0.251 e. The van der Waals surface area contributed by atoms with Crippen LogP contribution in [0.25, 0.3) is 0 Å². The molecule has 2 fully saturated rings. The molecule has 0 atom stereocenters. The van der Waals surface area contributed by atoms with Crippen molar-refractivity contribution in [1.29, 1.82) is 0 Å². The zero-order valence-electron chi connectivity index (χ0n) is 13.0. The summed E-state index contributed by atoms with van der Waals surface area (Å²) in [6, 6.07) is 8.40. The Hall–Kier alpha value is -1.51. The van der Waals surface area contributed by atoms with Crippen LogP contribution in [-0.2, 0) is 0 Å². The van der Waals surface area contributed by atoms with Crippen molar-refractivity contribution >= 4 is 11.6 Å². The lowest BCUT2D eigenvalue weighted by Gasteiger charge is -2.37. The number of amides is 1. The van der Waals surface area contributed by atoms with Gasteiger partial charge in [0.05, 0.1) is 0 Å². The van der Waals surface area contributed by atoms with Gasteiger partial charge in [0, 0.05) is 24.3 Å². The lowest BCUT2D eigenvalue weighted by Crippen LogP contribution is -2.31. The zero-order valence-corrected chi connectivity index (χ0v) is 13.0. The van der Waals surface area contributed by atoms with Gasteiger partial charge in [-0.05, 0) is 62.1 Å². The third-order valence-electron chi connectivity index (χ3n) is 5.43. The highest BCUT2D eigenvalue weighted by molar-refractivity contribution is 5.94. The van der Waals surface area contributed by atoms with Crippen LogP contribution in [0.1, 0.15) is 61.7 Å². The van der Waals surface area contributed by atoms with Gasteiger partial charge in [0.2, 0.25) is 0 Å². The van der Waals surface area contributed by atoms with Gasteiger partial charge in [-0.3, -0.25) is 4.79 Å². The second kappa shape index (κ2) is 6.08. The molecule has 3 nitrogen and oxygen atoms in total. The highest BCUT2D eigenvalue weighted by Gasteiger charge is 2.37. The molecule has 0 radical (unpaired) electrons. The largest absolute Gasteiger partial charge is 0.382 e. The Balaban J connectivity index is 1.59. The van der Waals surface area contributed by atoms with Gasteiger partial charge in [0.1, 0.15) is 0 Å². The molecule has 1 spiro atoms. The fraction of sp³-hybridized carbons (Fsp3) is 0.611. The minimum Gasteiger partial charge on any atom is -0.382 e. The average Bonchev–Trinajstić information content (AvgIpc) is 2.98. The van der Waals surface area contributed by atoms with Crippen LogP contribution in [0.15, 0.2) is 24.3 Å². The van der Waals surface area contributed by atoms with Gasteiger partial charge in [-0.15, -0.1) is 0 Å². The second-order valence-corrected chi connectivity index (χ2v) is 6.79. The van der Waals surface area contributed by atoms with Gasteiger partial charge >= 0.3 is 0 Å². The first kappa shape index (κ1) is 14.4. The molecule has 3 rings (SSSR count). The minimum atomic E-state index is -0.0211. The molecule has 0 aliphatic heterocycles. The van der Waals surface area contributed by atoms with Crippen LogP contribution in [0.2, 0.25) is 0 Å². The van der Waals surface area contributed by atoms with Crippen molar-refractivity contribution in [1.82, 2.24) is 5.32 Å². The first-order valence-electron chi connectivity index (χ1n) is 8.29. The Morgan fingerprint density at radius 1 is 1.14 bits per heavy atom. The number of hydrogen-bond donors (Lipinski definition) is 2. The highest BCUT2D eigenvalue weighted by Crippen LogP contribution is 2.49. The van der Waals surface area contributed by atoms with Crippen LogP contribution in [0.5, 0.6) is 0 Å². The molecule has 0 heterocycles. The van der Waals surface area contributed by atoms with E-state index in [0.29, 0.717) is 11.5 Å². The molecule has 114 valence electrons. The molecule has 2 saturated carbocycles. The maximum absolute atomic E-state index is 11.7. The molecule has 2 N–H and O–H groups in total. The molecule has 3 heteroatoms. The molecule has 1 aromatic carbocycles. The molecule has 0 bridgehead atoms. The van der Waals surface area contributed by atoms with E-state index in [-0.39, 0.29) is 5.91 Å². The number of nitrogens with one attached hydrogen (secondary N) is 2. The Morgan fingerprint density at radius 2 is 1.86 bits per heavy atom.